The van der Waals surface area contributed by atoms with Crippen LogP contribution in [-0.4, -0.2) is 55.6 Å². The molecule has 1 saturated heterocycles. The summed E-state index contributed by atoms with van der Waals surface area (Å²) in [7, 11) is 0. The van der Waals surface area contributed by atoms with Crippen LogP contribution in [0.4, 0.5) is 0 Å². The summed E-state index contributed by atoms with van der Waals surface area (Å²) in [5, 5.41) is 9.95. The molecule has 1 heterocycles. The summed E-state index contributed by atoms with van der Waals surface area (Å²) in [5.74, 6) is 0.846. The fraction of sp³-hybridized carbons (Fsp3) is 0.571. The summed E-state index contributed by atoms with van der Waals surface area (Å²) in [5.41, 5.74) is 1.09. The second kappa shape index (κ2) is 6.73. The van der Waals surface area contributed by atoms with Crippen LogP contribution in [0.5, 0.6) is 5.75 Å². The molecule has 0 radical (unpaired) electrons. The molecule has 18 heavy (non-hydrogen) atoms. The van der Waals surface area contributed by atoms with Gasteiger partial charge in [-0.05, 0) is 18.6 Å². The normalized spacial score (nSPS) is 18.6. The molecular weight excluding hydrogens is 230 g/mol. The lowest BCUT2D eigenvalue weighted by Gasteiger charge is -2.28. The molecule has 1 aliphatic heterocycles. The van der Waals surface area contributed by atoms with Gasteiger partial charge in [0.1, 0.15) is 18.5 Å². The first-order chi connectivity index (χ1) is 8.75. The van der Waals surface area contributed by atoms with Crippen LogP contribution in [0.25, 0.3) is 0 Å². The molecular formula is C14H21NO3. The molecule has 4 nitrogen and oxygen atoms in total. The SMILES string of the molecule is Cc1ccccc1OC[C@H](O)CN1CCOCC1. The molecule has 4 heteroatoms. The predicted molar refractivity (Wildman–Crippen MR) is 69.9 cm³/mol. The number of aryl methyl sites for hydroxylation is 1. The molecule has 100 valence electrons. The molecule has 1 atom stereocenters. The number of aliphatic hydroxyl groups excluding tert-OH is 1. The second-order valence-corrected chi connectivity index (χ2v) is 4.64. The van der Waals surface area contributed by atoms with Crippen molar-refractivity contribution in [2.75, 3.05) is 39.5 Å². The fourth-order valence-electron chi connectivity index (χ4n) is 2.04. The molecule has 0 spiro atoms. The Kier molecular flexibility index (Phi) is 4.99. The van der Waals surface area contributed by atoms with Gasteiger partial charge >= 0.3 is 0 Å². The Morgan fingerprint density at radius 1 is 1.33 bits per heavy atom. The monoisotopic (exact) mass is 251 g/mol. The number of ether oxygens (including phenoxy) is 2. The number of rotatable bonds is 5. The molecule has 1 aromatic carbocycles. The van der Waals surface area contributed by atoms with Gasteiger partial charge < -0.3 is 14.6 Å². The van der Waals surface area contributed by atoms with Crippen LogP contribution < -0.4 is 4.74 Å². The molecule has 1 aromatic rings. The van der Waals surface area contributed by atoms with E-state index in [4.69, 9.17) is 9.47 Å². The van der Waals surface area contributed by atoms with Crippen LogP contribution in [0.1, 0.15) is 5.56 Å². The van der Waals surface area contributed by atoms with Gasteiger partial charge in [0, 0.05) is 19.6 Å². The third kappa shape index (κ3) is 3.98. The average molecular weight is 251 g/mol. The standard InChI is InChI=1S/C14H21NO3/c1-12-4-2-3-5-14(12)18-11-13(16)10-15-6-8-17-9-7-15/h2-5,13,16H,6-11H2,1H3/t13-/m1/s1. The highest BCUT2D eigenvalue weighted by atomic mass is 16.5. The summed E-state index contributed by atoms with van der Waals surface area (Å²) in [6, 6.07) is 7.85. The van der Waals surface area contributed by atoms with Gasteiger partial charge in [0.2, 0.25) is 0 Å². The molecule has 1 fully saturated rings. The molecule has 1 N–H and O–H groups in total. The second-order valence-electron chi connectivity index (χ2n) is 4.64. The summed E-state index contributed by atoms with van der Waals surface area (Å²) < 4.78 is 10.9. The van der Waals surface area contributed by atoms with E-state index in [1.807, 2.05) is 31.2 Å². The van der Waals surface area contributed by atoms with Crippen LogP contribution >= 0.6 is 0 Å². The zero-order chi connectivity index (χ0) is 12.8. The minimum absolute atomic E-state index is 0.336. The lowest BCUT2D eigenvalue weighted by molar-refractivity contribution is 0.00460. The third-order valence-corrected chi connectivity index (χ3v) is 3.10. The largest absolute Gasteiger partial charge is 0.491 e. The van der Waals surface area contributed by atoms with E-state index in [2.05, 4.69) is 4.90 Å². The first-order valence-electron chi connectivity index (χ1n) is 6.42. The van der Waals surface area contributed by atoms with Crippen molar-refractivity contribution in [3.05, 3.63) is 29.8 Å². The Hall–Kier alpha value is -1.10. The number of benzene rings is 1. The molecule has 0 amide bonds. The van der Waals surface area contributed by atoms with Crippen LogP contribution in [0.2, 0.25) is 0 Å². The Morgan fingerprint density at radius 2 is 2.06 bits per heavy atom. The fourth-order valence-corrected chi connectivity index (χ4v) is 2.04. The van der Waals surface area contributed by atoms with Gasteiger partial charge in [-0.15, -0.1) is 0 Å². The summed E-state index contributed by atoms with van der Waals surface area (Å²) in [4.78, 5) is 2.20. The minimum atomic E-state index is -0.456. The lowest BCUT2D eigenvalue weighted by Crippen LogP contribution is -2.42. The van der Waals surface area contributed by atoms with Gasteiger partial charge in [-0.1, -0.05) is 18.2 Å². The first kappa shape index (κ1) is 13.3. The molecule has 0 aliphatic carbocycles. The Bertz CT molecular complexity index is 364. The number of β-amino-alcohol motifs (C(OH)–C–C–N with tert-alkyl or cyclic N) is 1. The van der Waals surface area contributed by atoms with Crippen molar-refractivity contribution in [3.8, 4) is 5.75 Å². The van der Waals surface area contributed by atoms with Gasteiger partial charge in [-0.2, -0.15) is 0 Å². The number of hydrogen-bond acceptors (Lipinski definition) is 4. The number of hydrogen-bond donors (Lipinski definition) is 1. The first-order valence-corrected chi connectivity index (χ1v) is 6.42. The zero-order valence-electron chi connectivity index (χ0n) is 10.8. The van der Waals surface area contributed by atoms with E-state index in [1.165, 1.54) is 0 Å². The van der Waals surface area contributed by atoms with E-state index in [0.717, 1.165) is 37.6 Å². The van der Waals surface area contributed by atoms with Crippen molar-refractivity contribution in [3.63, 3.8) is 0 Å². The Morgan fingerprint density at radius 3 is 2.78 bits per heavy atom. The van der Waals surface area contributed by atoms with E-state index in [9.17, 15) is 5.11 Å². The number of para-hydroxylation sites is 1. The summed E-state index contributed by atoms with van der Waals surface area (Å²) in [6.45, 7) is 6.28. The Labute approximate surface area is 108 Å². The van der Waals surface area contributed by atoms with Crippen molar-refractivity contribution in [1.29, 1.82) is 0 Å². The van der Waals surface area contributed by atoms with Crippen molar-refractivity contribution < 1.29 is 14.6 Å². The van der Waals surface area contributed by atoms with Gasteiger partial charge in [0.15, 0.2) is 0 Å². The van der Waals surface area contributed by atoms with Crippen molar-refractivity contribution in [2.24, 2.45) is 0 Å². The molecule has 0 unspecified atom stereocenters. The van der Waals surface area contributed by atoms with E-state index in [0.29, 0.717) is 13.2 Å². The highest BCUT2D eigenvalue weighted by Gasteiger charge is 2.15. The van der Waals surface area contributed by atoms with Crippen LogP contribution in [-0.2, 0) is 4.74 Å². The number of nitrogens with zero attached hydrogens (tertiary/aromatic N) is 1. The van der Waals surface area contributed by atoms with Gasteiger partial charge in [-0.3, -0.25) is 4.90 Å². The van der Waals surface area contributed by atoms with E-state index in [-0.39, 0.29) is 0 Å². The highest BCUT2D eigenvalue weighted by Crippen LogP contribution is 2.16. The van der Waals surface area contributed by atoms with Crippen LogP contribution in [0.15, 0.2) is 24.3 Å². The maximum absolute atomic E-state index is 9.95. The summed E-state index contributed by atoms with van der Waals surface area (Å²) in [6.07, 6.45) is -0.456. The van der Waals surface area contributed by atoms with E-state index < -0.39 is 6.10 Å². The Balaban J connectivity index is 1.74. The zero-order valence-corrected chi connectivity index (χ0v) is 10.8. The van der Waals surface area contributed by atoms with Crippen molar-refractivity contribution in [2.45, 2.75) is 13.0 Å². The van der Waals surface area contributed by atoms with Crippen molar-refractivity contribution >= 4 is 0 Å². The molecule has 2 rings (SSSR count). The summed E-state index contributed by atoms with van der Waals surface area (Å²) >= 11 is 0. The van der Waals surface area contributed by atoms with Gasteiger partial charge in [0.05, 0.1) is 13.2 Å². The van der Waals surface area contributed by atoms with Crippen LogP contribution in [0, 0.1) is 6.92 Å². The van der Waals surface area contributed by atoms with Crippen LogP contribution in [0.3, 0.4) is 0 Å². The van der Waals surface area contributed by atoms with Gasteiger partial charge in [0.25, 0.3) is 0 Å². The molecule has 1 aliphatic rings. The molecule has 0 saturated carbocycles. The molecule has 0 bridgehead atoms. The smallest absolute Gasteiger partial charge is 0.122 e. The average Bonchev–Trinajstić information content (AvgIpc) is 2.39. The minimum Gasteiger partial charge on any atom is -0.491 e. The lowest BCUT2D eigenvalue weighted by atomic mass is 10.2. The third-order valence-electron chi connectivity index (χ3n) is 3.10. The maximum Gasteiger partial charge on any atom is 0.122 e. The maximum atomic E-state index is 9.95. The quantitative estimate of drug-likeness (QED) is 0.850. The highest BCUT2D eigenvalue weighted by molar-refractivity contribution is 5.31. The topological polar surface area (TPSA) is 41.9 Å². The van der Waals surface area contributed by atoms with E-state index in [1.54, 1.807) is 0 Å². The van der Waals surface area contributed by atoms with E-state index >= 15 is 0 Å². The van der Waals surface area contributed by atoms with Gasteiger partial charge in [-0.25, -0.2) is 0 Å². The number of aliphatic hydroxyl groups is 1. The molecule has 0 aromatic heterocycles. The predicted octanol–water partition coefficient (Wildman–Crippen LogP) is 1.07. The van der Waals surface area contributed by atoms with Crippen molar-refractivity contribution in [1.82, 2.24) is 4.90 Å². The number of morpholine rings is 1.